The average Bonchev–Trinajstić information content (AvgIpc) is 2.89. The summed E-state index contributed by atoms with van der Waals surface area (Å²) in [4.78, 5) is 28.7. The second-order valence-corrected chi connectivity index (χ2v) is 9.89. The van der Waals surface area contributed by atoms with Crippen molar-refractivity contribution < 1.29 is 18.7 Å². The van der Waals surface area contributed by atoms with Gasteiger partial charge in [-0.1, -0.05) is 63.6 Å². The molecule has 37 heavy (non-hydrogen) atoms. The van der Waals surface area contributed by atoms with Crippen LogP contribution in [0.2, 0.25) is 0 Å². The number of nitrogens with one attached hydrogen (secondary N) is 1. The highest BCUT2D eigenvalue weighted by Crippen LogP contribution is 2.26. The second kappa shape index (κ2) is 13.2. The van der Waals surface area contributed by atoms with Crippen LogP contribution in [0, 0.1) is 18.7 Å². The molecule has 0 spiro atoms. The fraction of sp³-hybridized carbons (Fsp3) is 0.419. The fourth-order valence-corrected chi connectivity index (χ4v) is 4.36. The van der Waals surface area contributed by atoms with E-state index in [1.807, 2.05) is 64.1 Å². The summed E-state index contributed by atoms with van der Waals surface area (Å²) in [6, 6.07) is 13.6. The molecular weight excluding hydrogens is 467 g/mol. The summed E-state index contributed by atoms with van der Waals surface area (Å²) < 4.78 is 20.2. The van der Waals surface area contributed by atoms with Gasteiger partial charge in [-0.25, -0.2) is 4.39 Å². The maximum Gasteiger partial charge on any atom is 0.252 e. The van der Waals surface area contributed by atoms with E-state index in [1.165, 1.54) is 6.07 Å². The van der Waals surface area contributed by atoms with Crippen LogP contribution in [0.15, 0.2) is 71.5 Å². The number of hydrogen-bond donors (Lipinski definition) is 1. The summed E-state index contributed by atoms with van der Waals surface area (Å²) in [6.07, 6.45) is 3.78. The van der Waals surface area contributed by atoms with Crippen LogP contribution in [-0.4, -0.2) is 35.8 Å². The molecule has 1 N–H and O–H groups in total. The van der Waals surface area contributed by atoms with Gasteiger partial charge in [0.15, 0.2) is 5.78 Å². The Balaban J connectivity index is 1.77. The number of para-hydroxylation sites is 1. The van der Waals surface area contributed by atoms with E-state index in [0.29, 0.717) is 42.8 Å². The Morgan fingerprint density at radius 1 is 1.08 bits per heavy atom. The molecule has 3 rings (SSSR count). The Labute approximate surface area is 220 Å². The molecule has 2 aromatic rings. The third kappa shape index (κ3) is 7.54. The maximum absolute atomic E-state index is 14.2. The van der Waals surface area contributed by atoms with Gasteiger partial charge in [0.2, 0.25) is 0 Å². The normalized spacial score (nSPS) is 15.2. The van der Waals surface area contributed by atoms with Crippen molar-refractivity contribution in [2.45, 2.75) is 66.5 Å². The number of hydrogen-bond acceptors (Lipinski definition) is 4. The van der Waals surface area contributed by atoms with Crippen molar-refractivity contribution >= 4 is 11.7 Å². The Morgan fingerprint density at radius 2 is 1.78 bits per heavy atom. The van der Waals surface area contributed by atoms with E-state index in [4.69, 9.17) is 4.74 Å². The first kappa shape index (κ1) is 28.2. The first-order valence-electron chi connectivity index (χ1n) is 13.1. The quantitative estimate of drug-likeness (QED) is 0.376. The van der Waals surface area contributed by atoms with Gasteiger partial charge in [-0.2, -0.15) is 0 Å². The number of ketones is 1. The van der Waals surface area contributed by atoms with E-state index in [2.05, 4.69) is 17.1 Å². The van der Waals surface area contributed by atoms with Crippen LogP contribution in [0.1, 0.15) is 58.1 Å². The van der Waals surface area contributed by atoms with Crippen LogP contribution in [0.25, 0.3) is 0 Å². The molecular formula is C31H39FN2O3. The van der Waals surface area contributed by atoms with Crippen LogP contribution in [0.4, 0.5) is 4.39 Å². The van der Waals surface area contributed by atoms with E-state index in [1.54, 1.807) is 12.1 Å². The minimum Gasteiger partial charge on any atom is -0.491 e. The molecule has 198 valence electrons. The molecule has 0 radical (unpaired) electrons. The summed E-state index contributed by atoms with van der Waals surface area (Å²) in [5.74, 6) is 0.366. The van der Waals surface area contributed by atoms with Crippen molar-refractivity contribution in [2.24, 2.45) is 5.92 Å². The lowest BCUT2D eigenvalue weighted by Crippen LogP contribution is -2.46. The van der Waals surface area contributed by atoms with Gasteiger partial charge in [-0.05, 0) is 55.5 Å². The van der Waals surface area contributed by atoms with Crippen molar-refractivity contribution in [1.82, 2.24) is 10.2 Å². The first-order valence-corrected chi connectivity index (χ1v) is 13.1. The Kier molecular flexibility index (Phi) is 10.1. The van der Waals surface area contributed by atoms with Crippen molar-refractivity contribution in [3.05, 3.63) is 88.4 Å². The fourth-order valence-electron chi connectivity index (χ4n) is 4.36. The molecule has 1 aliphatic rings. The molecule has 0 aliphatic carbocycles. The topological polar surface area (TPSA) is 58.6 Å². The zero-order chi connectivity index (χ0) is 26.9. The number of nitrogens with zero attached hydrogens (tertiary/aromatic N) is 1. The standard InChI is InChI=1S/C31H39FN2O3/c1-6-21(3)16-29(35)28(20-37-30-15-11-8-12-22(30)4)33-31(36)26-17-23(5)34(18-24(26)7-2)19-25-13-9-10-14-27(25)32/h8-15,17,21,28H,6-7,16,18-20H2,1-5H3,(H,33,36). The molecule has 6 heteroatoms. The lowest BCUT2D eigenvalue weighted by Gasteiger charge is -2.32. The minimum absolute atomic E-state index is 0.0346. The number of carbonyl (C=O) groups is 2. The number of amides is 1. The number of Topliss-reactive ketones (excluding diaryl/α,β-unsaturated/α-hetero) is 1. The molecule has 1 amide bonds. The summed E-state index contributed by atoms with van der Waals surface area (Å²) in [5, 5.41) is 2.97. The third-order valence-corrected chi connectivity index (χ3v) is 7.04. The average molecular weight is 507 g/mol. The van der Waals surface area contributed by atoms with Gasteiger partial charge in [-0.3, -0.25) is 9.59 Å². The number of allylic oxidation sites excluding steroid dienone is 1. The number of aryl methyl sites for hydroxylation is 1. The molecule has 1 aliphatic heterocycles. The molecule has 2 aromatic carbocycles. The number of benzene rings is 2. The zero-order valence-electron chi connectivity index (χ0n) is 22.6. The monoisotopic (exact) mass is 506 g/mol. The molecule has 0 saturated carbocycles. The van der Waals surface area contributed by atoms with Gasteiger partial charge in [0.25, 0.3) is 5.91 Å². The van der Waals surface area contributed by atoms with Crippen molar-refractivity contribution in [3.63, 3.8) is 0 Å². The summed E-state index contributed by atoms with van der Waals surface area (Å²) >= 11 is 0. The Hall–Kier alpha value is -3.41. The van der Waals surface area contributed by atoms with Crippen LogP contribution < -0.4 is 10.1 Å². The van der Waals surface area contributed by atoms with Gasteiger partial charge < -0.3 is 15.0 Å². The maximum atomic E-state index is 14.2. The lowest BCUT2D eigenvalue weighted by molar-refractivity contribution is -0.127. The summed E-state index contributed by atoms with van der Waals surface area (Å²) in [6.45, 7) is 11.0. The SMILES string of the molecule is CCC1=C(C(=O)NC(COc2ccccc2C)C(=O)CC(C)CC)C=C(C)N(Cc2ccccc2F)C1. The van der Waals surface area contributed by atoms with Gasteiger partial charge in [0.05, 0.1) is 0 Å². The van der Waals surface area contributed by atoms with Crippen molar-refractivity contribution in [2.75, 3.05) is 13.2 Å². The van der Waals surface area contributed by atoms with Gasteiger partial charge >= 0.3 is 0 Å². The van der Waals surface area contributed by atoms with E-state index in [9.17, 15) is 14.0 Å². The molecule has 5 nitrogen and oxygen atoms in total. The predicted molar refractivity (Wildman–Crippen MR) is 146 cm³/mol. The molecule has 0 aromatic heterocycles. The largest absolute Gasteiger partial charge is 0.491 e. The number of halogens is 1. The highest BCUT2D eigenvalue weighted by Gasteiger charge is 2.27. The van der Waals surface area contributed by atoms with Gasteiger partial charge in [0.1, 0.15) is 24.2 Å². The van der Waals surface area contributed by atoms with Crippen molar-refractivity contribution in [3.8, 4) is 5.75 Å². The smallest absolute Gasteiger partial charge is 0.252 e. The van der Waals surface area contributed by atoms with Crippen LogP contribution in [0.5, 0.6) is 5.75 Å². The molecule has 2 unspecified atom stereocenters. The second-order valence-electron chi connectivity index (χ2n) is 9.89. The Morgan fingerprint density at radius 3 is 2.46 bits per heavy atom. The van der Waals surface area contributed by atoms with Crippen LogP contribution >= 0.6 is 0 Å². The van der Waals surface area contributed by atoms with E-state index in [0.717, 1.165) is 23.3 Å². The minimum atomic E-state index is -0.753. The zero-order valence-corrected chi connectivity index (χ0v) is 22.6. The lowest BCUT2D eigenvalue weighted by atomic mass is 9.96. The van der Waals surface area contributed by atoms with E-state index >= 15 is 0 Å². The highest BCUT2D eigenvalue weighted by atomic mass is 19.1. The summed E-state index contributed by atoms with van der Waals surface area (Å²) in [5.41, 5.74) is 3.99. The summed E-state index contributed by atoms with van der Waals surface area (Å²) in [7, 11) is 0. The molecule has 2 atom stereocenters. The van der Waals surface area contributed by atoms with Crippen LogP contribution in [-0.2, 0) is 16.1 Å². The van der Waals surface area contributed by atoms with E-state index < -0.39 is 6.04 Å². The van der Waals surface area contributed by atoms with Crippen LogP contribution in [0.3, 0.4) is 0 Å². The molecule has 1 heterocycles. The van der Waals surface area contributed by atoms with Crippen molar-refractivity contribution in [1.29, 1.82) is 0 Å². The molecule has 0 saturated heterocycles. The molecule has 0 bridgehead atoms. The number of ether oxygens (including phenoxy) is 1. The Bertz CT molecular complexity index is 1170. The highest BCUT2D eigenvalue weighted by molar-refractivity contribution is 6.00. The van der Waals surface area contributed by atoms with Gasteiger partial charge in [0, 0.05) is 36.3 Å². The molecule has 0 fully saturated rings. The third-order valence-electron chi connectivity index (χ3n) is 7.04. The number of rotatable bonds is 12. The predicted octanol–water partition coefficient (Wildman–Crippen LogP) is 6.13. The van der Waals surface area contributed by atoms with E-state index in [-0.39, 0.29) is 30.0 Å². The van der Waals surface area contributed by atoms with Gasteiger partial charge in [-0.15, -0.1) is 0 Å². The first-order chi connectivity index (χ1) is 17.7. The number of carbonyl (C=O) groups excluding carboxylic acids is 2.